The molecule has 2 heterocycles. The molecule has 0 bridgehead atoms. The van der Waals surface area contributed by atoms with Crippen LogP contribution in [0, 0.1) is 0 Å². The summed E-state index contributed by atoms with van der Waals surface area (Å²) in [5.41, 5.74) is 0. The minimum absolute atomic E-state index is 0.144. The highest BCUT2D eigenvalue weighted by molar-refractivity contribution is 7.09. The number of rotatable bonds is 1. The van der Waals surface area contributed by atoms with Crippen LogP contribution in [0.4, 0.5) is 0 Å². The monoisotopic (exact) mass is 168 g/mol. The first-order chi connectivity index (χ1) is 5.36. The number of hydrogen-bond donors (Lipinski definition) is 1. The Morgan fingerprint density at radius 3 is 3.18 bits per heavy atom. The Hall–Kier alpha value is -0.900. The topological polar surface area (TPSA) is 42.0 Å². The summed E-state index contributed by atoms with van der Waals surface area (Å²) in [5.74, 6) is 0.465. The van der Waals surface area contributed by atoms with Crippen molar-refractivity contribution in [3.8, 4) is 0 Å². The minimum atomic E-state index is 0.144. The van der Waals surface area contributed by atoms with E-state index in [-0.39, 0.29) is 5.91 Å². The summed E-state index contributed by atoms with van der Waals surface area (Å²) >= 11 is 1.62. The molecule has 1 aromatic rings. The van der Waals surface area contributed by atoms with Crippen molar-refractivity contribution in [2.75, 3.05) is 6.54 Å². The maximum absolute atomic E-state index is 10.8. The molecule has 1 aliphatic heterocycles. The highest BCUT2D eigenvalue weighted by Crippen LogP contribution is 2.24. The van der Waals surface area contributed by atoms with Crippen LogP contribution >= 0.6 is 11.3 Å². The lowest BCUT2D eigenvalue weighted by Gasteiger charge is -1.99. The number of hydrogen-bond acceptors (Lipinski definition) is 3. The molecule has 0 aromatic carbocycles. The van der Waals surface area contributed by atoms with Gasteiger partial charge in [0.25, 0.3) is 0 Å². The summed E-state index contributed by atoms with van der Waals surface area (Å²) < 4.78 is 0. The van der Waals surface area contributed by atoms with E-state index in [9.17, 15) is 4.79 Å². The average Bonchev–Trinajstić information content (AvgIpc) is 2.55. The van der Waals surface area contributed by atoms with Crippen molar-refractivity contribution in [3.05, 3.63) is 16.6 Å². The SMILES string of the molecule is O=C1C[C@@H](c2nccs2)CN1. The standard InChI is InChI=1S/C7H8N2OS/c10-6-3-5(4-9-6)7-8-1-2-11-7/h1-2,5H,3-4H2,(H,9,10)/t5-/m1/s1. The van der Waals surface area contributed by atoms with Gasteiger partial charge in [-0.25, -0.2) is 4.98 Å². The van der Waals surface area contributed by atoms with Gasteiger partial charge in [0.1, 0.15) is 0 Å². The van der Waals surface area contributed by atoms with Crippen LogP contribution in [0.15, 0.2) is 11.6 Å². The Balaban J connectivity index is 2.13. The fourth-order valence-electron chi connectivity index (χ4n) is 1.22. The first-order valence-corrected chi connectivity index (χ1v) is 4.40. The van der Waals surface area contributed by atoms with Crippen molar-refractivity contribution in [1.29, 1.82) is 0 Å². The lowest BCUT2D eigenvalue weighted by Crippen LogP contribution is -2.13. The van der Waals surface area contributed by atoms with Crippen molar-refractivity contribution in [3.63, 3.8) is 0 Å². The van der Waals surface area contributed by atoms with Gasteiger partial charge >= 0.3 is 0 Å². The molecule has 0 saturated carbocycles. The third-order valence-electron chi connectivity index (χ3n) is 1.78. The van der Waals surface area contributed by atoms with Crippen LogP contribution in [-0.4, -0.2) is 17.4 Å². The van der Waals surface area contributed by atoms with E-state index >= 15 is 0 Å². The second-order valence-electron chi connectivity index (χ2n) is 2.58. The largest absolute Gasteiger partial charge is 0.355 e. The summed E-state index contributed by atoms with van der Waals surface area (Å²) in [4.78, 5) is 15.0. The van der Waals surface area contributed by atoms with E-state index in [2.05, 4.69) is 10.3 Å². The zero-order valence-corrected chi connectivity index (χ0v) is 6.73. The molecule has 1 N–H and O–H groups in total. The number of nitrogens with one attached hydrogen (secondary N) is 1. The zero-order valence-electron chi connectivity index (χ0n) is 5.91. The van der Waals surface area contributed by atoms with Crippen LogP contribution in [0.25, 0.3) is 0 Å². The van der Waals surface area contributed by atoms with Crippen LogP contribution in [0.5, 0.6) is 0 Å². The average molecular weight is 168 g/mol. The predicted molar refractivity (Wildman–Crippen MR) is 42.5 cm³/mol. The maximum atomic E-state index is 10.8. The smallest absolute Gasteiger partial charge is 0.220 e. The van der Waals surface area contributed by atoms with Gasteiger partial charge in [-0.1, -0.05) is 0 Å². The molecule has 1 fully saturated rings. The van der Waals surface area contributed by atoms with Gasteiger partial charge in [-0.3, -0.25) is 4.79 Å². The van der Waals surface area contributed by atoms with E-state index in [1.165, 1.54) is 0 Å². The number of aromatic nitrogens is 1. The van der Waals surface area contributed by atoms with Gasteiger partial charge in [0, 0.05) is 30.5 Å². The highest BCUT2D eigenvalue weighted by Gasteiger charge is 2.24. The van der Waals surface area contributed by atoms with Gasteiger partial charge in [0.05, 0.1) is 5.01 Å². The van der Waals surface area contributed by atoms with Gasteiger partial charge in [-0.05, 0) is 0 Å². The molecule has 3 nitrogen and oxygen atoms in total. The normalized spacial score (nSPS) is 23.6. The van der Waals surface area contributed by atoms with E-state index in [1.807, 2.05) is 5.38 Å². The second kappa shape index (κ2) is 2.62. The molecule has 1 amide bonds. The summed E-state index contributed by atoms with van der Waals surface area (Å²) in [7, 11) is 0. The summed E-state index contributed by atoms with van der Waals surface area (Å²) in [6, 6.07) is 0. The Morgan fingerprint density at radius 2 is 2.64 bits per heavy atom. The molecule has 58 valence electrons. The third-order valence-corrected chi connectivity index (χ3v) is 2.72. The van der Waals surface area contributed by atoms with E-state index in [1.54, 1.807) is 17.5 Å². The molecule has 0 radical (unpaired) electrons. The van der Waals surface area contributed by atoms with Crippen LogP contribution in [0.1, 0.15) is 17.3 Å². The molecular formula is C7H8N2OS. The first-order valence-electron chi connectivity index (χ1n) is 3.52. The molecule has 11 heavy (non-hydrogen) atoms. The van der Waals surface area contributed by atoms with Crippen molar-refractivity contribution in [1.82, 2.24) is 10.3 Å². The summed E-state index contributed by atoms with van der Waals surface area (Å²) in [6.45, 7) is 0.756. The maximum Gasteiger partial charge on any atom is 0.220 e. The number of carbonyl (C=O) groups excluding carboxylic acids is 1. The Bertz CT molecular complexity index is 257. The van der Waals surface area contributed by atoms with Gasteiger partial charge in [0.2, 0.25) is 5.91 Å². The number of carbonyl (C=O) groups is 1. The van der Waals surface area contributed by atoms with Crippen molar-refractivity contribution < 1.29 is 4.79 Å². The Labute approximate surface area is 68.5 Å². The molecule has 2 rings (SSSR count). The molecular weight excluding hydrogens is 160 g/mol. The highest BCUT2D eigenvalue weighted by atomic mass is 32.1. The first kappa shape index (κ1) is 6.79. The fraction of sp³-hybridized carbons (Fsp3) is 0.429. The summed E-state index contributed by atoms with van der Waals surface area (Å²) in [6.07, 6.45) is 2.39. The molecule has 0 spiro atoms. The number of thiazole rings is 1. The predicted octanol–water partition coefficient (Wildman–Crippen LogP) is 0.747. The molecule has 1 saturated heterocycles. The van der Waals surface area contributed by atoms with Crippen molar-refractivity contribution in [2.24, 2.45) is 0 Å². The molecule has 1 aliphatic rings. The third kappa shape index (κ3) is 1.26. The summed E-state index contributed by atoms with van der Waals surface area (Å²) in [5, 5.41) is 5.80. The quantitative estimate of drug-likeness (QED) is 0.672. The van der Waals surface area contributed by atoms with Crippen LogP contribution in [0.3, 0.4) is 0 Å². The van der Waals surface area contributed by atoms with Crippen LogP contribution in [-0.2, 0) is 4.79 Å². The molecule has 1 aromatic heterocycles. The lowest BCUT2D eigenvalue weighted by molar-refractivity contribution is -0.119. The second-order valence-corrected chi connectivity index (χ2v) is 3.50. The molecule has 1 atom stereocenters. The van der Waals surface area contributed by atoms with Gasteiger partial charge < -0.3 is 5.32 Å². The lowest BCUT2D eigenvalue weighted by atomic mass is 10.1. The molecule has 0 aliphatic carbocycles. The Kier molecular flexibility index (Phi) is 1.62. The number of amides is 1. The van der Waals surface area contributed by atoms with Crippen LogP contribution in [0.2, 0.25) is 0 Å². The number of nitrogens with zero attached hydrogens (tertiary/aromatic N) is 1. The molecule has 4 heteroatoms. The van der Waals surface area contributed by atoms with Gasteiger partial charge in [-0.15, -0.1) is 11.3 Å². The van der Waals surface area contributed by atoms with Gasteiger partial charge in [-0.2, -0.15) is 0 Å². The van der Waals surface area contributed by atoms with E-state index in [0.29, 0.717) is 12.3 Å². The van der Waals surface area contributed by atoms with E-state index < -0.39 is 0 Å². The fourth-order valence-corrected chi connectivity index (χ4v) is 1.96. The van der Waals surface area contributed by atoms with Crippen molar-refractivity contribution in [2.45, 2.75) is 12.3 Å². The van der Waals surface area contributed by atoms with E-state index in [4.69, 9.17) is 0 Å². The Morgan fingerprint density at radius 1 is 1.73 bits per heavy atom. The van der Waals surface area contributed by atoms with E-state index in [0.717, 1.165) is 11.6 Å². The van der Waals surface area contributed by atoms with Crippen molar-refractivity contribution >= 4 is 17.2 Å². The zero-order chi connectivity index (χ0) is 7.68. The molecule has 0 unspecified atom stereocenters. The van der Waals surface area contributed by atoms with Gasteiger partial charge in [0.15, 0.2) is 0 Å². The van der Waals surface area contributed by atoms with Crippen LogP contribution < -0.4 is 5.32 Å². The minimum Gasteiger partial charge on any atom is -0.355 e.